The Kier molecular flexibility index (Phi) is 25.6. The number of phosphoric ester groups is 4. The molecule has 4 fully saturated rings. The van der Waals surface area contributed by atoms with Crippen molar-refractivity contribution in [2.75, 3.05) is 26.3 Å². The molecule has 8 aliphatic heterocycles. The molecule has 16 rings (SSSR count). The topological polar surface area (TPSA) is 529 Å². The van der Waals surface area contributed by atoms with Gasteiger partial charge in [-0.15, -0.1) is 0 Å². The van der Waals surface area contributed by atoms with Crippen molar-refractivity contribution in [3.63, 3.8) is 0 Å². The second-order valence-corrected chi connectivity index (χ2v) is 35.5. The van der Waals surface area contributed by atoms with Crippen LogP contribution in [0.5, 0.6) is 23.0 Å². The molecule has 4 unspecified atom stereocenters. The fourth-order valence-electron chi connectivity index (χ4n) is 11.4. The maximum atomic E-state index is 15.8. The van der Waals surface area contributed by atoms with Gasteiger partial charge >= 0.3 is 31.3 Å². The molecule has 8 aromatic rings. The Morgan fingerprint density at radius 1 is 0.403 bits per heavy atom. The van der Waals surface area contributed by atoms with Gasteiger partial charge in [0.15, 0.2) is 43.9 Å². The van der Waals surface area contributed by atoms with Gasteiger partial charge in [0, 0.05) is 47.0 Å². The molecule has 0 radical (unpaired) electrons. The smallest absolute Gasteiger partial charge is 0.404 e. The third kappa shape index (κ3) is 20.1. The van der Waals surface area contributed by atoms with E-state index in [-0.39, 0.29) is 73.0 Å². The zero-order valence-corrected chi connectivity index (χ0v) is 70.2. The second kappa shape index (κ2) is 36.6. The number of hydrogen-bond donors (Lipinski definition) is 12. The van der Waals surface area contributed by atoms with Crippen LogP contribution in [0.15, 0.2) is 117 Å². The summed E-state index contributed by atoms with van der Waals surface area (Å²) in [5.74, 6) is -17.0. The number of nitrogens with one attached hydrogen (secondary N) is 4. The molecule has 40 nitrogen and oxygen atoms in total. The van der Waals surface area contributed by atoms with E-state index in [2.05, 4.69) is 24.0 Å². The van der Waals surface area contributed by atoms with Crippen LogP contribution in [0.2, 0.25) is 20.1 Å². The van der Waals surface area contributed by atoms with E-state index in [9.17, 15) is 95.9 Å². The van der Waals surface area contributed by atoms with Gasteiger partial charge in [-0.2, -0.15) is 0 Å². The number of alkyl halides is 4. The number of benzene rings is 4. The molecule has 0 amide bonds. The van der Waals surface area contributed by atoms with Gasteiger partial charge in [-0.1, -0.05) is 46.4 Å². The number of hydrogen-bond acceptors (Lipinski definition) is 36. The minimum Gasteiger partial charge on any atom is -0.404 e. The zero-order valence-electron chi connectivity index (χ0n) is 66.4. The number of ether oxygens (including phenoxy) is 4. The van der Waals surface area contributed by atoms with Gasteiger partial charge in [0.2, 0.25) is 0 Å². The number of aromatic amines is 4. The molecule has 12 heterocycles. The van der Waals surface area contributed by atoms with E-state index in [1.54, 1.807) is 0 Å². The maximum absolute atomic E-state index is 15.8. The Morgan fingerprint density at radius 2 is 0.645 bits per heavy atom. The molecule has 0 bridgehead atoms. The molecule has 12 N–H and O–H groups in total. The van der Waals surface area contributed by atoms with Crippen molar-refractivity contribution in [2.24, 2.45) is 0 Å². The standard InChI is InChI=1S/4C16H14ClF2N2O8PS/c4*17-9-4-21(15(31)20-13(9)24)14-11(22)12(23)16(19,28-14)6-27-30(25)26-5-7-3-8(18)1-2-10(7)29-30/h4*1-4,11-12,14,22-23H,5-6H2,(H,20,24,31)/t4*11-,12+,14-,16-,30?/m1111/s1/i6D2,14D;14D;6D2;. The molecule has 4 aromatic carbocycles. The van der Waals surface area contributed by atoms with Gasteiger partial charge in [0.05, 0.1) is 34.7 Å². The third-order valence-corrected chi connectivity index (χ3v) is 24.9. The first-order valence-electron chi connectivity index (χ1n) is 36.9. The lowest BCUT2D eigenvalue weighted by atomic mass is 10.1. The predicted octanol–water partition coefficient (Wildman–Crippen LogP) is 9.39. The fraction of sp³-hybridized carbons (Fsp3) is 0.375. The quantitative estimate of drug-likeness (QED) is 0.0243. The van der Waals surface area contributed by atoms with Crippen LogP contribution in [-0.2, 0) is 99.8 Å². The normalized spacial score (nSPS) is 34.6. The lowest BCUT2D eigenvalue weighted by Crippen LogP contribution is -2.43. The number of H-pyrrole nitrogens is 4. The summed E-state index contributed by atoms with van der Waals surface area (Å²) in [4.78, 5) is 54.7. The van der Waals surface area contributed by atoms with Crippen molar-refractivity contribution in [3.8, 4) is 23.0 Å². The largest absolute Gasteiger partial charge is 0.530 e. The molecule has 4 aromatic heterocycles. The second-order valence-electron chi connectivity index (χ2n) is 26.1. The molecular weight excluding hydrogens is 1940 g/mol. The molecular formula is C64H56Cl4F8N8O32P4S4. The number of halogens is 12. The van der Waals surface area contributed by atoms with Gasteiger partial charge in [-0.05, 0) is 122 Å². The van der Waals surface area contributed by atoms with Gasteiger partial charge < -0.3 is 77.9 Å². The minimum atomic E-state index is -4.93. The Bertz CT molecular complexity index is 6590. The van der Waals surface area contributed by atoms with Gasteiger partial charge in [-0.3, -0.25) is 93.6 Å². The lowest BCUT2D eigenvalue weighted by molar-refractivity contribution is -0.205. The summed E-state index contributed by atoms with van der Waals surface area (Å²) in [6.45, 7) is -11.9. The van der Waals surface area contributed by atoms with Crippen LogP contribution in [-0.4, -0.2) is 178 Å². The summed E-state index contributed by atoms with van der Waals surface area (Å²) in [7, 11) is -18.6. The molecule has 672 valence electrons. The van der Waals surface area contributed by atoms with Crippen LogP contribution in [0.3, 0.4) is 0 Å². The Hall–Kier alpha value is -6.80. The monoisotopic (exact) mass is 2000 g/mol. The molecule has 8 aliphatic rings. The van der Waals surface area contributed by atoms with Gasteiger partial charge in [0.1, 0.15) is 142 Å². The summed E-state index contributed by atoms with van der Waals surface area (Å²) in [5.41, 5.74) is -2.44. The fourth-order valence-corrected chi connectivity index (χ4v) is 17.6. The van der Waals surface area contributed by atoms with Crippen LogP contribution >= 0.6 is 127 Å². The SMILES string of the molecule is O=c1[nH]c(=S)n([C@@H]2O[C@](F)(COP3(=O)OCc4cc(F)ccc4O3)[C@@H](O)[C@H]2O)cc1Cl.[2H]C([2H])(OP1(=O)OCc2cc(F)ccc2O1)[C@@]1(F)O[C@@H](n2cc(Cl)c(=O)[nH]c2=S)[C@H](O)[C@@H]1O.[2H]C([2H])(OP1(=O)OCc2cc(F)ccc2O1)[C@@]1(F)O[C@@]([2H])(n2cc(Cl)c(=O)[nH]c2=S)[C@H](O)[C@@H]1O.[2H][C@@]1(n2cc(Cl)c(=O)[nH]c2=S)O[C@](F)(COP2(=O)OCc3cc(F)ccc3O2)[C@@H](O)[C@H]1O. The van der Waals surface area contributed by atoms with Crippen molar-refractivity contribution >= 4 is 127 Å². The summed E-state index contributed by atoms with van der Waals surface area (Å²) < 4.78 is 295. The van der Waals surface area contributed by atoms with E-state index in [1.165, 1.54) is 12.1 Å². The zero-order chi connectivity index (χ0) is 95.6. The van der Waals surface area contributed by atoms with E-state index < -0.39 is 238 Å². The average molecular weight is 2000 g/mol. The molecule has 124 heavy (non-hydrogen) atoms. The summed E-state index contributed by atoms with van der Waals surface area (Å²) >= 11 is 42.4. The summed E-state index contributed by atoms with van der Waals surface area (Å²) in [5, 5.41) is 80.5. The molecule has 60 heteroatoms. The summed E-state index contributed by atoms with van der Waals surface area (Å²) in [6.07, 6.45) is -24.6. The first-order chi connectivity index (χ1) is 60.3. The Labute approximate surface area is 733 Å². The molecule has 4 saturated heterocycles. The molecule has 0 saturated carbocycles. The number of aliphatic hydroxyl groups is 8. The summed E-state index contributed by atoms with van der Waals surface area (Å²) in [6, 6.07) is 12.8. The van der Waals surface area contributed by atoms with E-state index >= 15 is 17.6 Å². The van der Waals surface area contributed by atoms with E-state index in [4.69, 9.17) is 168 Å². The van der Waals surface area contributed by atoms with Gasteiger partial charge in [-0.25, -0.2) is 53.4 Å². The highest BCUT2D eigenvalue weighted by Crippen LogP contribution is 2.60. The number of fused-ring (bicyclic) bond motifs is 4. The van der Waals surface area contributed by atoms with E-state index in [0.29, 0.717) is 15.3 Å². The predicted molar refractivity (Wildman–Crippen MR) is 409 cm³/mol. The lowest BCUT2D eigenvalue weighted by Gasteiger charge is -2.28. The van der Waals surface area contributed by atoms with Crippen LogP contribution < -0.4 is 40.3 Å². The minimum absolute atomic E-state index is 0.0175. The molecule has 0 aliphatic carbocycles. The maximum Gasteiger partial charge on any atom is 0.530 e. The molecule has 0 spiro atoms. The van der Waals surface area contributed by atoms with E-state index in [0.717, 1.165) is 88.4 Å². The number of aliphatic hydroxyl groups excluding tert-OH is 8. The van der Waals surface area contributed by atoms with Crippen LogP contribution in [0.1, 0.15) is 55.3 Å². The van der Waals surface area contributed by atoms with E-state index in [1.807, 2.05) is 4.98 Å². The highest BCUT2D eigenvalue weighted by atomic mass is 35.5. The Morgan fingerprint density at radius 3 is 0.968 bits per heavy atom. The highest BCUT2D eigenvalue weighted by molar-refractivity contribution is 7.71. The van der Waals surface area contributed by atoms with Crippen LogP contribution in [0, 0.1) is 42.4 Å². The molecule has 20 atom stereocenters. The van der Waals surface area contributed by atoms with Crippen LogP contribution in [0.25, 0.3) is 0 Å². The Balaban J connectivity index is 0.000000148. The third-order valence-electron chi connectivity index (χ3n) is 17.7. The average Bonchev–Trinajstić information content (AvgIpc) is 1.55. The van der Waals surface area contributed by atoms with Crippen molar-refractivity contribution in [3.05, 3.63) is 224 Å². The first-order valence-corrected chi connectivity index (χ1v) is 42.9. The number of rotatable bonds is 16. The number of phosphoric acid groups is 4. The van der Waals surface area contributed by atoms with Crippen molar-refractivity contribution < 1.29 is 176 Å². The van der Waals surface area contributed by atoms with Crippen molar-refractivity contribution in [2.45, 2.75) is 124 Å². The van der Waals surface area contributed by atoms with Gasteiger partial charge in [0.25, 0.3) is 45.7 Å². The van der Waals surface area contributed by atoms with Crippen molar-refractivity contribution in [1.29, 1.82) is 0 Å². The van der Waals surface area contributed by atoms with Crippen molar-refractivity contribution in [1.82, 2.24) is 38.2 Å². The first kappa shape index (κ1) is 86.6. The highest BCUT2D eigenvalue weighted by Gasteiger charge is 2.62. The number of aromatic nitrogens is 8. The van der Waals surface area contributed by atoms with Crippen LogP contribution in [0.4, 0.5) is 35.1 Å². The number of nitrogens with zero attached hydrogens (tertiary/aromatic N) is 4.